The van der Waals surface area contributed by atoms with Crippen LogP contribution in [0.3, 0.4) is 0 Å². The maximum Gasteiger partial charge on any atom is 0.0921 e. The maximum atomic E-state index is 4.40. The Morgan fingerprint density at radius 1 is 0.842 bits per heavy atom. The predicted molar refractivity (Wildman–Crippen MR) is 82.4 cm³/mol. The minimum absolute atomic E-state index is 0.484. The summed E-state index contributed by atoms with van der Waals surface area (Å²) in [6.07, 6.45) is 14.8. The molecule has 0 saturated heterocycles. The van der Waals surface area contributed by atoms with Crippen molar-refractivity contribution in [3.63, 3.8) is 0 Å². The van der Waals surface area contributed by atoms with Crippen LogP contribution in [0.25, 0.3) is 0 Å². The van der Waals surface area contributed by atoms with Crippen LogP contribution < -0.4 is 0 Å². The molecule has 1 rings (SSSR count). The Hall–Kier alpha value is -0.600. The Morgan fingerprint density at radius 3 is 2.21 bits per heavy atom. The van der Waals surface area contributed by atoms with Gasteiger partial charge in [0, 0.05) is 6.54 Å². The molecule has 0 bridgehead atoms. The van der Waals surface area contributed by atoms with Crippen LogP contribution in [0.5, 0.6) is 0 Å². The third-order valence-electron chi connectivity index (χ3n) is 3.92. The number of unbranched alkanes of at least 4 members (excludes halogenated alkanes) is 8. The summed E-state index contributed by atoms with van der Waals surface area (Å²) >= 11 is 0. The zero-order valence-corrected chi connectivity index (χ0v) is 13.1. The molecule has 0 amide bonds. The highest BCUT2D eigenvalue weighted by Gasteiger charge is 2.17. The molecule has 0 aromatic rings. The predicted octanol–water partition coefficient (Wildman–Crippen LogP) is 5.37. The number of rotatable bonds is 12. The molecule has 1 aliphatic heterocycles. The van der Waals surface area contributed by atoms with Gasteiger partial charge in [-0.1, -0.05) is 76.9 Å². The molecule has 0 spiro atoms. The quantitative estimate of drug-likeness (QED) is 0.437. The molecule has 0 N–H and O–H groups in total. The second kappa shape index (κ2) is 11.2. The van der Waals surface area contributed by atoms with E-state index in [1.54, 1.807) is 0 Å². The van der Waals surface area contributed by atoms with Crippen LogP contribution in [0.1, 0.15) is 84.5 Å². The van der Waals surface area contributed by atoms with Gasteiger partial charge in [-0.3, -0.25) is 5.01 Å². The smallest absolute Gasteiger partial charge is 0.0921 e. The van der Waals surface area contributed by atoms with Gasteiger partial charge < -0.3 is 0 Å². The summed E-state index contributed by atoms with van der Waals surface area (Å²) in [6.45, 7) is 6.71. The van der Waals surface area contributed by atoms with E-state index >= 15 is 0 Å². The molecule has 1 heterocycles. The molecule has 3 nitrogen and oxygen atoms in total. The van der Waals surface area contributed by atoms with Gasteiger partial charge in [-0.15, -0.1) is 0 Å². The molecule has 0 aliphatic carbocycles. The summed E-state index contributed by atoms with van der Waals surface area (Å²) in [6, 6.07) is 0.484. The van der Waals surface area contributed by atoms with Gasteiger partial charge >= 0.3 is 0 Å². The van der Waals surface area contributed by atoms with E-state index < -0.39 is 0 Å². The topological polar surface area (TPSA) is 28.0 Å². The Balaban J connectivity index is 1.92. The van der Waals surface area contributed by atoms with Gasteiger partial charge in [0.2, 0.25) is 0 Å². The highest BCUT2D eigenvalue weighted by atomic mass is 15.6. The van der Waals surface area contributed by atoms with E-state index in [1.165, 1.54) is 70.6 Å². The van der Waals surface area contributed by atoms with E-state index in [2.05, 4.69) is 29.2 Å². The van der Waals surface area contributed by atoms with E-state index in [0.29, 0.717) is 6.04 Å². The van der Waals surface area contributed by atoms with Gasteiger partial charge in [0.15, 0.2) is 0 Å². The van der Waals surface area contributed by atoms with Crippen LogP contribution in [0.15, 0.2) is 10.3 Å². The molecule has 112 valence electrons. The third-order valence-corrected chi connectivity index (χ3v) is 3.92. The number of hydrogen-bond acceptors (Lipinski definition) is 3. The van der Waals surface area contributed by atoms with Crippen LogP contribution in [-0.2, 0) is 0 Å². The van der Waals surface area contributed by atoms with Gasteiger partial charge in [-0.05, 0) is 12.8 Å². The fraction of sp³-hybridized carbons (Fsp3) is 1.00. The van der Waals surface area contributed by atoms with Crippen molar-refractivity contribution in [2.24, 2.45) is 10.3 Å². The normalized spacial score (nSPS) is 18.4. The zero-order valence-electron chi connectivity index (χ0n) is 13.1. The molecule has 0 fully saturated rings. The molecule has 19 heavy (non-hydrogen) atoms. The van der Waals surface area contributed by atoms with E-state index in [1.807, 2.05) is 0 Å². The second-order valence-electron chi connectivity index (χ2n) is 5.89. The maximum absolute atomic E-state index is 4.40. The van der Waals surface area contributed by atoms with Crippen molar-refractivity contribution in [1.29, 1.82) is 0 Å². The van der Waals surface area contributed by atoms with Crippen molar-refractivity contribution in [1.82, 2.24) is 5.01 Å². The van der Waals surface area contributed by atoms with Crippen molar-refractivity contribution in [2.45, 2.75) is 90.5 Å². The molecule has 0 aromatic heterocycles. The lowest BCUT2D eigenvalue weighted by Gasteiger charge is -2.13. The minimum atomic E-state index is 0.484. The molecule has 0 radical (unpaired) electrons. The van der Waals surface area contributed by atoms with Crippen LogP contribution in [0.4, 0.5) is 0 Å². The summed E-state index contributed by atoms with van der Waals surface area (Å²) in [5.74, 6) is 0. The average molecular weight is 267 g/mol. The molecular weight excluding hydrogens is 234 g/mol. The van der Waals surface area contributed by atoms with E-state index in [9.17, 15) is 0 Å². The molecule has 1 atom stereocenters. The fourth-order valence-corrected chi connectivity index (χ4v) is 2.63. The van der Waals surface area contributed by atoms with Gasteiger partial charge in [0.05, 0.1) is 12.6 Å². The van der Waals surface area contributed by atoms with Crippen molar-refractivity contribution in [2.75, 3.05) is 13.1 Å². The van der Waals surface area contributed by atoms with Gasteiger partial charge in [-0.2, -0.15) is 5.11 Å². The Kier molecular flexibility index (Phi) is 9.74. The van der Waals surface area contributed by atoms with Gasteiger partial charge in [0.25, 0.3) is 0 Å². The van der Waals surface area contributed by atoms with E-state index in [-0.39, 0.29) is 0 Å². The average Bonchev–Trinajstić information content (AvgIpc) is 2.87. The summed E-state index contributed by atoms with van der Waals surface area (Å²) in [5, 5.41) is 10.9. The van der Waals surface area contributed by atoms with Crippen LogP contribution >= 0.6 is 0 Å². The van der Waals surface area contributed by atoms with Crippen LogP contribution in [0, 0.1) is 0 Å². The fourth-order valence-electron chi connectivity index (χ4n) is 2.63. The van der Waals surface area contributed by atoms with E-state index in [0.717, 1.165) is 13.1 Å². The molecule has 3 heteroatoms. The summed E-state index contributed by atoms with van der Waals surface area (Å²) < 4.78 is 0. The monoisotopic (exact) mass is 267 g/mol. The van der Waals surface area contributed by atoms with Gasteiger partial charge in [0.1, 0.15) is 0 Å². The summed E-state index contributed by atoms with van der Waals surface area (Å²) in [4.78, 5) is 0. The van der Waals surface area contributed by atoms with Crippen molar-refractivity contribution < 1.29 is 0 Å². The second-order valence-corrected chi connectivity index (χ2v) is 5.89. The molecule has 0 saturated carbocycles. The first-order chi connectivity index (χ1) is 9.36. The molecule has 1 aliphatic rings. The summed E-state index contributed by atoms with van der Waals surface area (Å²) in [7, 11) is 0. The first-order valence-corrected chi connectivity index (χ1v) is 8.52. The largest absolute Gasteiger partial charge is 0.277 e. The van der Waals surface area contributed by atoms with E-state index in [4.69, 9.17) is 0 Å². The Labute approximate surface area is 119 Å². The lowest BCUT2D eigenvalue weighted by Crippen LogP contribution is -2.22. The standard InChI is InChI=1S/C16H33N3/c1-3-5-7-9-10-11-13-16-15-19(18-17-16)14-12-8-6-4-2/h16H,3-15H2,1-2H3. The Morgan fingerprint density at radius 2 is 1.47 bits per heavy atom. The van der Waals surface area contributed by atoms with Gasteiger partial charge in [-0.25, -0.2) is 0 Å². The van der Waals surface area contributed by atoms with Crippen molar-refractivity contribution in [3.05, 3.63) is 0 Å². The molecule has 1 unspecified atom stereocenters. The third kappa shape index (κ3) is 8.22. The van der Waals surface area contributed by atoms with Crippen molar-refractivity contribution in [3.8, 4) is 0 Å². The first kappa shape index (κ1) is 16.5. The zero-order chi connectivity index (χ0) is 13.8. The van der Waals surface area contributed by atoms with Crippen LogP contribution in [0.2, 0.25) is 0 Å². The van der Waals surface area contributed by atoms with Crippen LogP contribution in [-0.4, -0.2) is 24.1 Å². The summed E-state index contributed by atoms with van der Waals surface area (Å²) in [5.41, 5.74) is 0. The lowest BCUT2D eigenvalue weighted by molar-refractivity contribution is 0.296. The minimum Gasteiger partial charge on any atom is -0.277 e. The first-order valence-electron chi connectivity index (χ1n) is 8.52. The highest BCUT2D eigenvalue weighted by Crippen LogP contribution is 2.17. The number of nitrogens with zero attached hydrogens (tertiary/aromatic N) is 3. The SMILES string of the molecule is CCCCCCCCC1CN(CCCCCC)N=N1. The Bertz CT molecular complexity index is 228. The lowest BCUT2D eigenvalue weighted by atomic mass is 10.1. The molecular formula is C16H33N3. The van der Waals surface area contributed by atoms with Crippen molar-refractivity contribution >= 4 is 0 Å². The molecule has 0 aromatic carbocycles. The highest BCUT2D eigenvalue weighted by molar-refractivity contribution is 4.73. The number of hydrogen-bond donors (Lipinski definition) is 0.